The van der Waals surface area contributed by atoms with E-state index in [1.807, 2.05) is 13.8 Å². The van der Waals surface area contributed by atoms with Crippen molar-refractivity contribution in [3.8, 4) is 0 Å². The summed E-state index contributed by atoms with van der Waals surface area (Å²) in [5.74, 6) is 0.294. The molecule has 1 atom stereocenters. The number of nitrogens with zero attached hydrogens (tertiary/aromatic N) is 2. The molecule has 0 aromatic carbocycles. The number of rotatable bonds is 9. The van der Waals surface area contributed by atoms with Gasteiger partial charge in [0.2, 0.25) is 0 Å². The van der Waals surface area contributed by atoms with E-state index in [4.69, 9.17) is 13.9 Å². The van der Waals surface area contributed by atoms with Gasteiger partial charge in [0.15, 0.2) is 5.16 Å². The molecule has 30 heavy (non-hydrogen) atoms. The minimum absolute atomic E-state index is 0.224. The Balaban J connectivity index is 1.92. The second kappa shape index (κ2) is 9.86. The highest BCUT2D eigenvalue weighted by molar-refractivity contribution is 7.99. The average Bonchev–Trinajstić information content (AvgIpc) is 3.34. The molecule has 1 aliphatic heterocycles. The molecule has 0 spiro atoms. The SMILES string of the molecule is CCOC(=O)C1=C(CSc2nc(C)c(C)n2CCOC)NC(=O)NC1c1ccco1. The summed E-state index contributed by atoms with van der Waals surface area (Å²) in [7, 11) is 1.65. The van der Waals surface area contributed by atoms with Crippen LogP contribution in [0.2, 0.25) is 0 Å². The number of aryl methyl sites for hydroxylation is 1. The molecule has 0 bridgehead atoms. The van der Waals surface area contributed by atoms with Gasteiger partial charge in [-0.1, -0.05) is 11.8 Å². The molecule has 1 unspecified atom stereocenters. The average molecular weight is 435 g/mol. The van der Waals surface area contributed by atoms with Crippen LogP contribution < -0.4 is 10.6 Å². The summed E-state index contributed by atoms with van der Waals surface area (Å²) < 4.78 is 18.0. The van der Waals surface area contributed by atoms with E-state index in [1.54, 1.807) is 26.2 Å². The van der Waals surface area contributed by atoms with Crippen molar-refractivity contribution in [3.05, 3.63) is 46.8 Å². The number of ether oxygens (including phenoxy) is 2. The molecule has 3 rings (SSSR count). The molecule has 9 nitrogen and oxygen atoms in total. The summed E-state index contributed by atoms with van der Waals surface area (Å²) in [5.41, 5.74) is 2.77. The van der Waals surface area contributed by atoms with E-state index in [2.05, 4.69) is 20.2 Å². The standard InChI is InChI=1S/C20H26N4O5S/c1-5-28-18(25)16-14(22-19(26)23-17(16)15-7-6-9-29-15)11-30-20-21-12(2)13(3)24(20)8-10-27-4/h6-7,9,17H,5,8,10-11H2,1-4H3,(H2,22,23,26). The lowest BCUT2D eigenvalue weighted by molar-refractivity contribution is -0.139. The van der Waals surface area contributed by atoms with Crippen molar-refractivity contribution in [2.75, 3.05) is 26.1 Å². The Morgan fingerprint density at radius 2 is 2.20 bits per heavy atom. The fourth-order valence-electron chi connectivity index (χ4n) is 3.17. The molecule has 2 aromatic rings. The van der Waals surface area contributed by atoms with Crippen molar-refractivity contribution in [1.29, 1.82) is 0 Å². The normalized spacial score (nSPS) is 16.4. The number of nitrogens with one attached hydrogen (secondary N) is 2. The summed E-state index contributed by atoms with van der Waals surface area (Å²) >= 11 is 1.44. The summed E-state index contributed by atoms with van der Waals surface area (Å²) in [6, 6.07) is 2.29. The molecule has 1 aliphatic rings. The van der Waals surface area contributed by atoms with Gasteiger partial charge in [-0.2, -0.15) is 0 Å². The van der Waals surface area contributed by atoms with Gasteiger partial charge in [-0.15, -0.1) is 0 Å². The maximum absolute atomic E-state index is 12.7. The summed E-state index contributed by atoms with van der Waals surface area (Å²) in [5, 5.41) is 6.29. The van der Waals surface area contributed by atoms with Crippen LogP contribution in [0.3, 0.4) is 0 Å². The maximum atomic E-state index is 12.7. The Bertz CT molecular complexity index is 935. The number of methoxy groups -OCH3 is 1. The van der Waals surface area contributed by atoms with E-state index in [1.165, 1.54) is 18.0 Å². The highest BCUT2D eigenvalue weighted by atomic mass is 32.2. The third kappa shape index (κ3) is 4.71. The Morgan fingerprint density at radius 3 is 2.87 bits per heavy atom. The molecule has 0 aliphatic carbocycles. The second-order valence-corrected chi connectivity index (χ2v) is 7.60. The van der Waals surface area contributed by atoms with Crippen LogP contribution in [0, 0.1) is 13.8 Å². The molecule has 0 saturated carbocycles. The molecule has 0 radical (unpaired) electrons. The highest BCUT2D eigenvalue weighted by Crippen LogP contribution is 2.31. The minimum atomic E-state index is -0.722. The monoisotopic (exact) mass is 434 g/mol. The fourth-order valence-corrected chi connectivity index (χ4v) is 4.25. The van der Waals surface area contributed by atoms with Crippen LogP contribution in [0.1, 0.15) is 30.1 Å². The first-order valence-corrected chi connectivity index (χ1v) is 10.6. The van der Waals surface area contributed by atoms with E-state index in [-0.39, 0.29) is 6.61 Å². The van der Waals surface area contributed by atoms with Crippen LogP contribution in [-0.4, -0.2) is 47.6 Å². The van der Waals surface area contributed by atoms with Crippen molar-refractivity contribution < 1.29 is 23.5 Å². The van der Waals surface area contributed by atoms with E-state index in [9.17, 15) is 9.59 Å². The van der Waals surface area contributed by atoms with Crippen molar-refractivity contribution in [2.45, 2.75) is 38.5 Å². The molecule has 3 heterocycles. The highest BCUT2D eigenvalue weighted by Gasteiger charge is 2.35. The summed E-state index contributed by atoms with van der Waals surface area (Å²) in [6.45, 7) is 7.14. The number of urea groups is 1. The van der Waals surface area contributed by atoms with Gasteiger partial charge in [0.25, 0.3) is 0 Å². The maximum Gasteiger partial charge on any atom is 0.338 e. The summed E-state index contributed by atoms with van der Waals surface area (Å²) in [4.78, 5) is 29.7. The number of hydrogen-bond donors (Lipinski definition) is 2. The van der Waals surface area contributed by atoms with Crippen LogP contribution in [-0.2, 0) is 20.8 Å². The third-order valence-corrected chi connectivity index (χ3v) is 5.77. The van der Waals surface area contributed by atoms with E-state index < -0.39 is 18.0 Å². The van der Waals surface area contributed by atoms with Crippen LogP contribution in [0.5, 0.6) is 0 Å². The molecule has 0 saturated heterocycles. The molecule has 2 amide bonds. The second-order valence-electron chi connectivity index (χ2n) is 6.66. The molecule has 10 heteroatoms. The van der Waals surface area contributed by atoms with Gasteiger partial charge in [-0.3, -0.25) is 0 Å². The van der Waals surface area contributed by atoms with Gasteiger partial charge in [0.05, 0.1) is 30.7 Å². The Morgan fingerprint density at radius 1 is 1.40 bits per heavy atom. The van der Waals surface area contributed by atoms with Crippen molar-refractivity contribution >= 4 is 23.8 Å². The van der Waals surface area contributed by atoms with Gasteiger partial charge in [-0.25, -0.2) is 14.6 Å². The number of esters is 1. The van der Waals surface area contributed by atoms with Crippen LogP contribution >= 0.6 is 11.8 Å². The zero-order chi connectivity index (χ0) is 21.7. The summed E-state index contributed by atoms with van der Waals surface area (Å²) in [6.07, 6.45) is 1.50. The fraction of sp³-hybridized carbons (Fsp3) is 0.450. The number of amides is 2. The number of aromatic nitrogens is 2. The first-order chi connectivity index (χ1) is 14.5. The van der Waals surface area contributed by atoms with E-state index >= 15 is 0 Å². The van der Waals surface area contributed by atoms with Crippen molar-refractivity contribution in [1.82, 2.24) is 20.2 Å². The van der Waals surface area contributed by atoms with Crippen LogP contribution in [0.15, 0.2) is 39.2 Å². The van der Waals surface area contributed by atoms with Crippen molar-refractivity contribution in [3.63, 3.8) is 0 Å². The number of hydrogen-bond acceptors (Lipinski definition) is 7. The Kier molecular flexibility index (Phi) is 7.22. The first kappa shape index (κ1) is 22.0. The predicted octanol–water partition coefficient (Wildman–Crippen LogP) is 2.70. The quantitative estimate of drug-likeness (QED) is 0.461. The van der Waals surface area contributed by atoms with Gasteiger partial charge in [-0.05, 0) is 32.9 Å². The third-order valence-electron chi connectivity index (χ3n) is 4.76. The number of furan rings is 1. The lowest BCUT2D eigenvalue weighted by atomic mass is 10.0. The predicted molar refractivity (Wildman–Crippen MR) is 111 cm³/mol. The van der Waals surface area contributed by atoms with E-state index in [0.717, 1.165) is 16.5 Å². The van der Waals surface area contributed by atoms with Gasteiger partial charge in [0.1, 0.15) is 11.8 Å². The largest absolute Gasteiger partial charge is 0.467 e. The zero-order valence-corrected chi connectivity index (χ0v) is 18.3. The van der Waals surface area contributed by atoms with Crippen molar-refractivity contribution in [2.24, 2.45) is 0 Å². The molecular formula is C20H26N4O5S. The first-order valence-electron chi connectivity index (χ1n) is 9.62. The van der Waals surface area contributed by atoms with E-state index in [0.29, 0.717) is 35.9 Å². The topological polar surface area (TPSA) is 108 Å². The molecule has 162 valence electrons. The van der Waals surface area contributed by atoms with Crippen LogP contribution in [0.4, 0.5) is 4.79 Å². The smallest absolute Gasteiger partial charge is 0.338 e. The molecule has 2 N–H and O–H groups in total. The van der Waals surface area contributed by atoms with Gasteiger partial charge in [0, 0.05) is 30.8 Å². The lowest BCUT2D eigenvalue weighted by Crippen LogP contribution is -2.46. The molecular weight excluding hydrogens is 408 g/mol. The zero-order valence-electron chi connectivity index (χ0n) is 17.5. The number of thioether (sulfide) groups is 1. The van der Waals surface area contributed by atoms with Gasteiger partial charge < -0.3 is 29.1 Å². The number of carbonyl (C=O) groups is 2. The number of carbonyl (C=O) groups excluding carboxylic acids is 2. The molecule has 2 aromatic heterocycles. The minimum Gasteiger partial charge on any atom is -0.467 e. The molecule has 0 fully saturated rings. The van der Waals surface area contributed by atoms with Gasteiger partial charge >= 0.3 is 12.0 Å². The Labute approximate surface area is 179 Å². The lowest BCUT2D eigenvalue weighted by Gasteiger charge is -2.27. The van der Waals surface area contributed by atoms with Crippen LogP contribution in [0.25, 0.3) is 0 Å². The number of imidazole rings is 1. The Hall–Kier alpha value is -2.72.